The number of carbonyl (C=O) groups excluding carboxylic acids is 1. The summed E-state index contributed by atoms with van der Waals surface area (Å²) in [6.45, 7) is 3.94. The Balaban J connectivity index is 2.96. The van der Waals surface area contributed by atoms with E-state index in [1.807, 2.05) is 6.92 Å². The lowest BCUT2D eigenvalue weighted by Gasteiger charge is -2.14. The van der Waals surface area contributed by atoms with E-state index in [4.69, 9.17) is 9.47 Å². The van der Waals surface area contributed by atoms with Crippen LogP contribution < -0.4 is 4.74 Å². The highest BCUT2D eigenvalue weighted by molar-refractivity contribution is 5.78. The highest BCUT2D eigenvalue weighted by Gasteiger charge is 2.21. The topological polar surface area (TPSA) is 35.5 Å². The molecule has 1 aromatic rings. The summed E-state index contributed by atoms with van der Waals surface area (Å²) in [5, 5.41) is 0. The summed E-state index contributed by atoms with van der Waals surface area (Å²) in [6, 6.07) is 4.53. The summed E-state index contributed by atoms with van der Waals surface area (Å²) in [4.78, 5) is 11.7. The van der Waals surface area contributed by atoms with Gasteiger partial charge in [-0.2, -0.15) is 0 Å². The number of ether oxygens (including phenoxy) is 2. The van der Waals surface area contributed by atoms with E-state index in [1.165, 1.54) is 19.2 Å². The highest BCUT2D eigenvalue weighted by atomic mass is 19.1. The summed E-state index contributed by atoms with van der Waals surface area (Å²) in [5.74, 6) is -1.03. The summed E-state index contributed by atoms with van der Waals surface area (Å²) in [5.41, 5.74) is 0.615. The van der Waals surface area contributed by atoms with Gasteiger partial charge in [-0.25, -0.2) is 4.39 Å². The van der Waals surface area contributed by atoms with Crippen LogP contribution in [0.5, 0.6) is 5.75 Å². The first kappa shape index (κ1) is 13.5. The number of hydrogen-bond acceptors (Lipinski definition) is 3. The molecule has 1 unspecified atom stereocenters. The predicted molar refractivity (Wildman–Crippen MR) is 62.6 cm³/mol. The molecule has 0 saturated heterocycles. The Morgan fingerprint density at radius 1 is 1.41 bits per heavy atom. The monoisotopic (exact) mass is 240 g/mol. The normalized spacial score (nSPS) is 12.0. The van der Waals surface area contributed by atoms with Crippen LogP contribution in [0.3, 0.4) is 0 Å². The van der Waals surface area contributed by atoms with Crippen molar-refractivity contribution in [2.75, 3.05) is 13.7 Å². The van der Waals surface area contributed by atoms with Crippen LogP contribution in [0, 0.1) is 5.82 Å². The number of hydrogen-bond donors (Lipinski definition) is 0. The van der Waals surface area contributed by atoms with Crippen LogP contribution in [0.25, 0.3) is 0 Å². The Bertz CT molecular complexity index is 390. The van der Waals surface area contributed by atoms with Crippen molar-refractivity contribution in [3.63, 3.8) is 0 Å². The van der Waals surface area contributed by atoms with Crippen LogP contribution in [0.1, 0.15) is 31.7 Å². The van der Waals surface area contributed by atoms with Gasteiger partial charge in [0.05, 0.1) is 19.6 Å². The molecule has 0 aliphatic heterocycles. The molecule has 0 spiro atoms. The average Bonchev–Trinajstić information content (AvgIpc) is 2.30. The van der Waals surface area contributed by atoms with Crippen LogP contribution in [-0.2, 0) is 9.53 Å². The molecule has 0 saturated carbocycles. The summed E-state index contributed by atoms with van der Waals surface area (Å²) >= 11 is 0. The molecular formula is C13H17FO3. The minimum absolute atomic E-state index is 0.174. The fourth-order valence-corrected chi connectivity index (χ4v) is 1.68. The van der Waals surface area contributed by atoms with Gasteiger partial charge in [-0.05, 0) is 31.0 Å². The van der Waals surface area contributed by atoms with Gasteiger partial charge in [0.2, 0.25) is 0 Å². The van der Waals surface area contributed by atoms with Crippen molar-refractivity contribution < 1.29 is 18.7 Å². The third kappa shape index (κ3) is 3.19. The molecule has 0 heterocycles. The molecule has 0 amide bonds. The van der Waals surface area contributed by atoms with Crippen LogP contribution in [0.15, 0.2) is 18.2 Å². The molecule has 17 heavy (non-hydrogen) atoms. The lowest BCUT2D eigenvalue weighted by Crippen LogP contribution is -2.15. The Labute approximate surface area is 101 Å². The first-order valence-electron chi connectivity index (χ1n) is 5.64. The molecule has 4 heteroatoms. The van der Waals surface area contributed by atoms with Gasteiger partial charge >= 0.3 is 5.97 Å². The van der Waals surface area contributed by atoms with Crippen molar-refractivity contribution in [3.05, 3.63) is 29.6 Å². The number of carbonyl (C=O) groups is 1. The molecule has 0 N–H and O–H groups in total. The van der Waals surface area contributed by atoms with Crippen molar-refractivity contribution in [2.45, 2.75) is 26.2 Å². The lowest BCUT2D eigenvalue weighted by molar-refractivity contribution is -0.145. The summed E-state index contributed by atoms with van der Waals surface area (Å²) < 4.78 is 23.3. The summed E-state index contributed by atoms with van der Waals surface area (Å²) in [6.07, 6.45) is 0.574. The number of benzene rings is 1. The van der Waals surface area contributed by atoms with Crippen molar-refractivity contribution in [3.8, 4) is 5.75 Å². The van der Waals surface area contributed by atoms with Gasteiger partial charge in [-0.3, -0.25) is 4.79 Å². The second-order valence-electron chi connectivity index (χ2n) is 3.61. The molecule has 1 aromatic carbocycles. The van der Waals surface area contributed by atoms with E-state index >= 15 is 0 Å². The van der Waals surface area contributed by atoms with Gasteiger partial charge in [0.15, 0.2) is 11.6 Å². The average molecular weight is 240 g/mol. The van der Waals surface area contributed by atoms with E-state index in [0.29, 0.717) is 18.6 Å². The fraction of sp³-hybridized carbons (Fsp3) is 0.462. The number of esters is 1. The van der Waals surface area contributed by atoms with Crippen LogP contribution in [-0.4, -0.2) is 19.7 Å². The zero-order valence-electron chi connectivity index (χ0n) is 10.3. The van der Waals surface area contributed by atoms with Crippen LogP contribution in [0.2, 0.25) is 0 Å². The van der Waals surface area contributed by atoms with E-state index in [9.17, 15) is 9.18 Å². The largest absolute Gasteiger partial charge is 0.494 e. The maximum atomic E-state index is 13.5. The van der Waals surface area contributed by atoms with Crippen molar-refractivity contribution >= 4 is 5.97 Å². The quantitative estimate of drug-likeness (QED) is 0.742. The minimum Gasteiger partial charge on any atom is -0.494 e. The van der Waals surface area contributed by atoms with E-state index in [-0.39, 0.29) is 11.7 Å². The number of rotatable bonds is 5. The van der Waals surface area contributed by atoms with E-state index in [1.54, 1.807) is 13.0 Å². The second-order valence-corrected chi connectivity index (χ2v) is 3.61. The Hall–Kier alpha value is -1.58. The molecule has 0 aliphatic carbocycles. The standard InChI is InChI=1S/C13H17FO3/c1-4-10(13(15)17-5-2)9-6-7-12(16-3)11(14)8-9/h6-8,10H,4-5H2,1-3H3. The molecule has 0 aromatic heterocycles. The minimum atomic E-state index is -0.465. The molecule has 0 radical (unpaired) electrons. The maximum absolute atomic E-state index is 13.5. The first-order valence-corrected chi connectivity index (χ1v) is 5.64. The van der Waals surface area contributed by atoms with Gasteiger partial charge in [-0.15, -0.1) is 0 Å². The van der Waals surface area contributed by atoms with E-state index in [0.717, 1.165) is 0 Å². The fourth-order valence-electron chi connectivity index (χ4n) is 1.68. The Morgan fingerprint density at radius 2 is 2.12 bits per heavy atom. The third-order valence-corrected chi connectivity index (χ3v) is 2.56. The SMILES string of the molecule is CCOC(=O)C(CC)c1ccc(OC)c(F)c1. The van der Waals surface area contributed by atoms with Gasteiger partial charge in [0.1, 0.15) is 0 Å². The zero-order chi connectivity index (χ0) is 12.8. The Morgan fingerprint density at radius 3 is 2.59 bits per heavy atom. The molecule has 94 valence electrons. The smallest absolute Gasteiger partial charge is 0.313 e. The van der Waals surface area contributed by atoms with Gasteiger partial charge in [-0.1, -0.05) is 13.0 Å². The predicted octanol–water partition coefficient (Wildman–Crippen LogP) is 2.89. The van der Waals surface area contributed by atoms with Gasteiger partial charge in [0.25, 0.3) is 0 Å². The van der Waals surface area contributed by atoms with E-state index in [2.05, 4.69) is 0 Å². The molecule has 0 bridgehead atoms. The number of halogens is 1. The highest BCUT2D eigenvalue weighted by Crippen LogP contribution is 2.26. The van der Waals surface area contributed by atoms with Crippen molar-refractivity contribution in [1.29, 1.82) is 0 Å². The second kappa shape index (κ2) is 6.23. The first-order chi connectivity index (χ1) is 8.13. The van der Waals surface area contributed by atoms with Gasteiger partial charge in [0, 0.05) is 0 Å². The molecule has 0 fully saturated rings. The molecular weight excluding hydrogens is 223 g/mol. The van der Waals surface area contributed by atoms with E-state index < -0.39 is 11.7 Å². The van der Waals surface area contributed by atoms with Crippen LogP contribution >= 0.6 is 0 Å². The maximum Gasteiger partial charge on any atom is 0.313 e. The van der Waals surface area contributed by atoms with Crippen LogP contribution in [0.4, 0.5) is 4.39 Å². The third-order valence-electron chi connectivity index (χ3n) is 2.56. The van der Waals surface area contributed by atoms with Crippen molar-refractivity contribution in [1.82, 2.24) is 0 Å². The Kier molecular flexibility index (Phi) is 4.94. The zero-order valence-corrected chi connectivity index (χ0v) is 10.3. The molecule has 1 rings (SSSR count). The molecule has 1 atom stereocenters. The summed E-state index contributed by atoms with van der Waals surface area (Å²) in [7, 11) is 1.40. The number of methoxy groups -OCH3 is 1. The molecule has 0 aliphatic rings. The lowest BCUT2D eigenvalue weighted by atomic mass is 9.96. The molecule has 3 nitrogen and oxygen atoms in total. The van der Waals surface area contributed by atoms with Crippen molar-refractivity contribution in [2.24, 2.45) is 0 Å². The van der Waals surface area contributed by atoms with Gasteiger partial charge < -0.3 is 9.47 Å².